The smallest absolute Gasteiger partial charge is 0.269 e. The number of halogens is 2. The highest BCUT2D eigenvalue weighted by Gasteiger charge is 2.12. The van der Waals surface area contributed by atoms with E-state index >= 15 is 0 Å². The third-order valence-corrected chi connectivity index (χ3v) is 3.90. The van der Waals surface area contributed by atoms with Crippen LogP contribution in [0.3, 0.4) is 0 Å². The van der Waals surface area contributed by atoms with Crippen molar-refractivity contribution in [3.63, 3.8) is 0 Å². The first kappa shape index (κ1) is 22.2. The summed E-state index contributed by atoms with van der Waals surface area (Å²) >= 11 is 6.28. The zero-order valence-electron chi connectivity index (χ0n) is 16.1. The van der Waals surface area contributed by atoms with Crippen LogP contribution in [0.25, 0.3) is 6.08 Å². The summed E-state index contributed by atoms with van der Waals surface area (Å²) in [5.41, 5.74) is 5.34. The molecule has 0 aliphatic rings. The van der Waals surface area contributed by atoms with Gasteiger partial charge >= 0.3 is 0 Å². The molecule has 6 nitrogen and oxygen atoms in total. The molecule has 0 saturated heterocycles. The third kappa shape index (κ3) is 6.80. The van der Waals surface area contributed by atoms with E-state index in [2.05, 4.69) is 10.9 Å². The molecule has 0 aliphatic carbocycles. The van der Waals surface area contributed by atoms with Crippen LogP contribution in [-0.4, -0.2) is 25.0 Å². The van der Waals surface area contributed by atoms with Crippen LogP contribution < -0.4 is 20.3 Å². The maximum absolute atomic E-state index is 12.9. The van der Waals surface area contributed by atoms with Crippen molar-refractivity contribution in [1.29, 1.82) is 0 Å². The molecule has 2 rings (SSSR count). The molecule has 2 aromatic rings. The molecule has 8 heteroatoms. The van der Waals surface area contributed by atoms with Crippen molar-refractivity contribution in [3.8, 4) is 11.5 Å². The van der Waals surface area contributed by atoms with E-state index < -0.39 is 17.6 Å². The standard InChI is InChI=1S/C21H22ClFN2O4/c1-3-11-29-20-17(22)12-14(13-18(20)28-4-2)5-10-19(26)24-25-21(27)15-6-8-16(23)9-7-15/h5-10,12-13H,3-4,11H2,1-2H3,(H,24,26)(H,25,27)/b10-5+. The highest BCUT2D eigenvalue weighted by molar-refractivity contribution is 6.32. The first-order chi connectivity index (χ1) is 13.9. The number of hydrazine groups is 1. The number of hydrogen-bond donors (Lipinski definition) is 2. The molecule has 0 aliphatic heterocycles. The van der Waals surface area contributed by atoms with Gasteiger partial charge in [0.2, 0.25) is 0 Å². The van der Waals surface area contributed by atoms with E-state index in [-0.39, 0.29) is 5.56 Å². The Labute approximate surface area is 173 Å². The van der Waals surface area contributed by atoms with Gasteiger partial charge in [0.05, 0.1) is 18.2 Å². The fourth-order valence-corrected chi connectivity index (χ4v) is 2.57. The number of hydrogen-bond acceptors (Lipinski definition) is 4. The number of nitrogens with one attached hydrogen (secondary N) is 2. The third-order valence-electron chi connectivity index (χ3n) is 3.62. The van der Waals surface area contributed by atoms with Gasteiger partial charge in [0.15, 0.2) is 11.5 Å². The average molecular weight is 421 g/mol. The van der Waals surface area contributed by atoms with Gasteiger partial charge < -0.3 is 9.47 Å². The summed E-state index contributed by atoms with van der Waals surface area (Å²) < 4.78 is 24.1. The van der Waals surface area contributed by atoms with Crippen LogP contribution in [0, 0.1) is 5.82 Å². The van der Waals surface area contributed by atoms with Crippen LogP contribution in [0.4, 0.5) is 4.39 Å². The molecule has 0 unspecified atom stereocenters. The number of carbonyl (C=O) groups excluding carboxylic acids is 2. The molecule has 154 valence electrons. The van der Waals surface area contributed by atoms with Gasteiger partial charge in [-0.05, 0) is 61.4 Å². The summed E-state index contributed by atoms with van der Waals surface area (Å²) in [4.78, 5) is 23.8. The topological polar surface area (TPSA) is 76.7 Å². The monoisotopic (exact) mass is 420 g/mol. The Morgan fingerprint density at radius 3 is 2.48 bits per heavy atom. The molecule has 2 aromatic carbocycles. The number of amides is 2. The molecule has 2 amide bonds. The molecule has 0 radical (unpaired) electrons. The van der Waals surface area contributed by atoms with Gasteiger partial charge in [0.1, 0.15) is 5.82 Å². The van der Waals surface area contributed by atoms with Crippen molar-refractivity contribution in [1.82, 2.24) is 10.9 Å². The van der Waals surface area contributed by atoms with Crippen molar-refractivity contribution in [2.75, 3.05) is 13.2 Å². The highest BCUT2D eigenvalue weighted by Crippen LogP contribution is 2.37. The van der Waals surface area contributed by atoms with E-state index in [1.807, 2.05) is 13.8 Å². The maximum Gasteiger partial charge on any atom is 0.269 e. The highest BCUT2D eigenvalue weighted by atomic mass is 35.5. The van der Waals surface area contributed by atoms with E-state index in [1.54, 1.807) is 12.1 Å². The molecular weight excluding hydrogens is 399 g/mol. The lowest BCUT2D eigenvalue weighted by atomic mass is 10.2. The normalized spacial score (nSPS) is 10.6. The first-order valence-electron chi connectivity index (χ1n) is 9.07. The molecule has 29 heavy (non-hydrogen) atoms. The second kappa shape index (κ2) is 11.1. The van der Waals surface area contributed by atoms with E-state index in [0.29, 0.717) is 35.3 Å². The van der Waals surface area contributed by atoms with Crippen LogP contribution in [0.15, 0.2) is 42.5 Å². The number of carbonyl (C=O) groups is 2. The Hall–Kier alpha value is -3.06. The number of rotatable bonds is 8. The minimum atomic E-state index is -0.564. The van der Waals surface area contributed by atoms with Gasteiger partial charge in [-0.25, -0.2) is 4.39 Å². The van der Waals surface area contributed by atoms with E-state index in [9.17, 15) is 14.0 Å². The molecular formula is C21H22ClFN2O4. The predicted molar refractivity (Wildman–Crippen MR) is 109 cm³/mol. The molecule has 2 N–H and O–H groups in total. The van der Waals surface area contributed by atoms with Gasteiger partial charge in [-0.3, -0.25) is 20.4 Å². The van der Waals surface area contributed by atoms with Crippen molar-refractivity contribution in [2.45, 2.75) is 20.3 Å². The van der Waals surface area contributed by atoms with Crippen molar-refractivity contribution < 1.29 is 23.5 Å². The molecule has 0 atom stereocenters. The van der Waals surface area contributed by atoms with Crippen LogP contribution in [-0.2, 0) is 4.79 Å². The summed E-state index contributed by atoms with van der Waals surface area (Å²) in [6, 6.07) is 8.30. The first-order valence-corrected chi connectivity index (χ1v) is 9.45. The Balaban J connectivity index is 2.01. The zero-order chi connectivity index (χ0) is 21.2. The summed E-state index contributed by atoms with van der Waals surface area (Å²) in [6.07, 6.45) is 3.59. The van der Waals surface area contributed by atoms with E-state index in [1.165, 1.54) is 24.3 Å². The molecule has 0 fully saturated rings. The molecule has 0 spiro atoms. The average Bonchev–Trinajstić information content (AvgIpc) is 2.70. The van der Waals surface area contributed by atoms with E-state index in [4.69, 9.17) is 21.1 Å². The van der Waals surface area contributed by atoms with Gasteiger partial charge in [-0.1, -0.05) is 18.5 Å². The largest absolute Gasteiger partial charge is 0.490 e. The molecule has 0 aromatic heterocycles. The summed E-state index contributed by atoms with van der Waals surface area (Å²) in [5, 5.41) is 0.370. The Morgan fingerprint density at radius 2 is 1.83 bits per heavy atom. The van der Waals surface area contributed by atoms with Gasteiger partial charge in [0.25, 0.3) is 11.8 Å². The lowest BCUT2D eigenvalue weighted by Crippen LogP contribution is -2.40. The SMILES string of the molecule is CCCOc1c(Cl)cc(/C=C/C(=O)NNC(=O)c2ccc(F)cc2)cc1OCC. The van der Waals surface area contributed by atoms with Gasteiger partial charge in [-0.2, -0.15) is 0 Å². The van der Waals surface area contributed by atoms with Crippen molar-refractivity contribution in [2.24, 2.45) is 0 Å². The van der Waals surface area contributed by atoms with Crippen LogP contribution >= 0.6 is 11.6 Å². The van der Waals surface area contributed by atoms with E-state index in [0.717, 1.165) is 18.6 Å². The second-order valence-electron chi connectivity index (χ2n) is 5.90. The molecule has 0 saturated carbocycles. The van der Waals surface area contributed by atoms with Crippen LogP contribution in [0.5, 0.6) is 11.5 Å². The maximum atomic E-state index is 12.9. The second-order valence-corrected chi connectivity index (χ2v) is 6.30. The summed E-state index contributed by atoms with van der Waals surface area (Å²) in [7, 11) is 0. The van der Waals surface area contributed by atoms with Crippen molar-refractivity contribution in [3.05, 3.63) is 64.4 Å². The Kier molecular flexibility index (Phi) is 8.48. The van der Waals surface area contributed by atoms with Gasteiger partial charge in [-0.15, -0.1) is 0 Å². The Morgan fingerprint density at radius 1 is 1.10 bits per heavy atom. The minimum Gasteiger partial charge on any atom is -0.490 e. The fourth-order valence-electron chi connectivity index (χ4n) is 2.30. The quantitative estimate of drug-likeness (QED) is 0.497. The minimum absolute atomic E-state index is 0.214. The summed E-state index contributed by atoms with van der Waals surface area (Å²) in [5.74, 6) is -0.627. The lowest BCUT2D eigenvalue weighted by Gasteiger charge is -2.14. The van der Waals surface area contributed by atoms with Crippen molar-refractivity contribution >= 4 is 29.5 Å². The molecule has 0 bridgehead atoms. The van der Waals surface area contributed by atoms with Crippen LogP contribution in [0.1, 0.15) is 36.2 Å². The molecule has 0 heterocycles. The fraction of sp³-hybridized carbons (Fsp3) is 0.238. The zero-order valence-corrected chi connectivity index (χ0v) is 16.9. The van der Waals surface area contributed by atoms with Crippen LogP contribution in [0.2, 0.25) is 5.02 Å². The summed E-state index contributed by atoms with van der Waals surface area (Å²) in [6.45, 7) is 4.77. The number of benzene rings is 2. The predicted octanol–water partition coefficient (Wildman–Crippen LogP) is 4.14. The Bertz CT molecular complexity index is 885. The number of ether oxygens (including phenoxy) is 2. The van der Waals surface area contributed by atoms with Gasteiger partial charge in [0, 0.05) is 11.6 Å². The lowest BCUT2D eigenvalue weighted by molar-refractivity contribution is -0.117.